The highest BCUT2D eigenvalue weighted by atomic mass is 79.9. The lowest BCUT2D eigenvalue weighted by Gasteiger charge is -1.07. The summed E-state index contributed by atoms with van der Waals surface area (Å²) in [5.41, 5.74) is 0. The van der Waals surface area contributed by atoms with Crippen LogP contribution in [-0.2, 0) is 0 Å². The molecule has 0 saturated heterocycles. The van der Waals surface area contributed by atoms with Gasteiger partial charge >= 0.3 is 0 Å². The SMILES string of the molecule is Br.Br.CC.CC. The normalized spacial score (nSPS) is 2.00. The third-order valence-corrected chi connectivity index (χ3v) is 0. The van der Waals surface area contributed by atoms with Crippen LogP contribution in [0.1, 0.15) is 27.7 Å². The fourth-order valence-corrected chi connectivity index (χ4v) is 0. The maximum absolute atomic E-state index is 2.00. The Bertz CT molecular complexity index is 5.51. The van der Waals surface area contributed by atoms with Crippen molar-refractivity contribution in [1.82, 2.24) is 0 Å². The first-order chi connectivity index (χ1) is 2.00. The van der Waals surface area contributed by atoms with Crippen LogP contribution in [0.2, 0.25) is 0 Å². The Labute approximate surface area is 61.9 Å². The molecule has 0 aliphatic carbocycles. The first kappa shape index (κ1) is 28.2. The molecule has 2 heteroatoms. The van der Waals surface area contributed by atoms with Gasteiger partial charge in [-0.25, -0.2) is 0 Å². The van der Waals surface area contributed by atoms with Gasteiger partial charge < -0.3 is 0 Å². The standard InChI is InChI=1S/2C2H6.2BrH/c2*1-2;;/h2*1-2H3;2*1H. The summed E-state index contributed by atoms with van der Waals surface area (Å²) in [6, 6.07) is 0. The van der Waals surface area contributed by atoms with Gasteiger partial charge in [0.05, 0.1) is 0 Å². The van der Waals surface area contributed by atoms with E-state index in [9.17, 15) is 0 Å². The maximum Gasteiger partial charge on any atom is -0.0683 e. The molecular formula is C4H14Br2. The third-order valence-electron chi connectivity index (χ3n) is 0. The molecule has 0 aromatic heterocycles. The van der Waals surface area contributed by atoms with Crippen LogP contribution < -0.4 is 0 Å². The minimum atomic E-state index is 0. The lowest BCUT2D eigenvalue weighted by molar-refractivity contribution is 1.50. The van der Waals surface area contributed by atoms with Crippen LogP contribution in [0, 0.1) is 0 Å². The van der Waals surface area contributed by atoms with Crippen molar-refractivity contribution in [1.29, 1.82) is 0 Å². The second kappa shape index (κ2) is 159. The van der Waals surface area contributed by atoms with E-state index in [2.05, 4.69) is 0 Å². The minimum Gasteiger partial charge on any atom is -0.114 e. The van der Waals surface area contributed by atoms with E-state index in [-0.39, 0.29) is 34.0 Å². The highest BCUT2D eigenvalue weighted by Gasteiger charge is 0.934. The minimum absolute atomic E-state index is 0. The number of rotatable bonds is 0. The highest BCUT2D eigenvalue weighted by Crippen LogP contribution is 1.15. The van der Waals surface area contributed by atoms with Crippen LogP contribution in [0.5, 0.6) is 0 Å². The van der Waals surface area contributed by atoms with Gasteiger partial charge in [0.1, 0.15) is 0 Å². The molecule has 6 heavy (non-hydrogen) atoms. The van der Waals surface area contributed by atoms with E-state index < -0.39 is 0 Å². The highest BCUT2D eigenvalue weighted by molar-refractivity contribution is 8.93. The fraction of sp³-hybridized carbons (Fsp3) is 1.00. The molecule has 0 fully saturated rings. The van der Waals surface area contributed by atoms with Crippen LogP contribution in [0.15, 0.2) is 0 Å². The lowest BCUT2D eigenvalue weighted by Crippen LogP contribution is -0.856. The van der Waals surface area contributed by atoms with Gasteiger partial charge in [-0.3, -0.25) is 0 Å². The predicted octanol–water partition coefficient (Wildman–Crippen LogP) is 3.21. The summed E-state index contributed by atoms with van der Waals surface area (Å²) < 4.78 is 0. The molecule has 0 aliphatic rings. The lowest BCUT2D eigenvalue weighted by atomic mass is 11.0. The first-order valence-corrected chi connectivity index (χ1v) is 2.00. The smallest absolute Gasteiger partial charge is 0.0683 e. The van der Waals surface area contributed by atoms with Crippen LogP contribution in [-0.4, -0.2) is 0 Å². The monoisotopic (exact) mass is 220 g/mol. The van der Waals surface area contributed by atoms with Crippen molar-refractivity contribution in [2.24, 2.45) is 0 Å². The topological polar surface area (TPSA) is 0 Å². The Hall–Kier alpha value is 0.960. The van der Waals surface area contributed by atoms with Crippen LogP contribution in [0.3, 0.4) is 0 Å². The van der Waals surface area contributed by atoms with E-state index in [1.807, 2.05) is 27.7 Å². The molecule has 0 amide bonds. The average Bonchev–Trinajstić information content (AvgIpc) is 1.50. The van der Waals surface area contributed by atoms with Gasteiger partial charge in [0.15, 0.2) is 0 Å². The van der Waals surface area contributed by atoms with Crippen molar-refractivity contribution < 1.29 is 0 Å². The molecule has 0 N–H and O–H groups in total. The van der Waals surface area contributed by atoms with Crippen molar-refractivity contribution in [2.75, 3.05) is 0 Å². The van der Waals surface area contributed by atoms with Crippen molar-refractivity contribution in [3.8, 4) is 0 Å². The van der Waals surface area contributed by atoms with Crippen molar-refractivity contribution in [3.63, 3.8) is 0 Å². The first-order valence-electron chi connectivity index (χ1n) is 2.00. The van der Waals surface area contributed by atoms with Crippen LogP contribution >= 0.6 is 34.0 Å². The second-order valence-electron chi connectivity index (χ2n) is 0. The van der Waals surface area contributed by atoms with E-state index in [1.165, 1.54) is 0 Å². The molecule has 44 valence electrons. The van der Waals surface area contributed by atoms with E-state index in [4.69, 9.17) is 0 Å². The summed E-state index contributed by atoms with van der Waals surface area (Å²) in [6.07, 6.45) is 0. The van der Waals surface area contributed by atoms with Gasteiger partial charge in [-0.1, -0.05) is 27.7 Å². The van der Waals surface area contributed by atoms with E-state index >= 15 is 0 Å². The zero-order valence-corrected chi connectivity index (χ0v) is 8.24. The second-order valence-corrected chi connectivity index (χ2v) is 0. The molecular weight excluding hydrogens is 208 g/mol. The molecule has 0 aromatic carbocycles. The van der Waals surface area contributed by atoms with Gasteiger partial charge in [-0.15, -0.1) is 34.0 Å². The third kappa shape index (κ3) is 84.4. The molecule has 0 nitrogen and oxygen atoms in total. The van der Waals surface area contributed by atoms with Gasteiger partial charge in [0, 0.05) is 0 Å². The van der Waals surface area contributed by atoms with Gasteiger partial charge in [-0.2, -0.15) is 0 Å². The Morgan fingerprint density at radius 3 is 0.500 bits per heavy atom. The van der Waals surface area contributed by atoms with Gasteiger partial charge in [-0.05, 0) is 0 Å². The molecule has 0 spiro atoms. The van der Waals surface area contributed by atoms with Crippen molar-refractivity contribution in [2.45, 2.75) is 27.7 Å². The van der Waals surface area contributed by atoms with Gasteiger partial charge in [0.25, 0.3) is 0 Å². The Kier molecular flexibility index (Phi) is 748. The molecule has 0 atom stereocenters. The Morgan fingerprint density at radius 2 is 0.500 bits per heavy atom. The molecule has 0 radical (unpaired) electrons. The average molecular weight is 222 g/mol. The van der Waals surface area contributed by atoms with E-state index in [1.54, 1.807) is 0 Å². The molecule has 0 unspecified atom stereocenters. The molecule has 0 aliphatic heterocycles. The van der Waals surface area contributed by atoms with E-state index in [0.717, 1.165) is 0 Å². The summed E-state index contributed by atoms with van der Waals surface area (Å²) in [5.74, 6) is 0. The molecule has 0 aromatic rings. The largest absolute Gasteiger partial charge is 0.114 e. The zero-order valence-electron chi connectivity index (χ0n) is 4.82. The molecule has 0 bridgehead atoms. The quantitative estimate of drug-likeness (QED) is 0.590. The summed E-state index contributed by atoms with van der Waals surface area (Å²) >= 11 is 0. The van der Waals surface area contributed by atoms with Crippen LogP contribution in [0.25, 0.3) is 0 Å². The maximum atomic E-state index is 2.00. The number of hydrogen-bond donors (Lipinski definition) is 0. The summed E-state index contributed by atoms with van der Waals surface area (Å²) in [6.45, 7) is 8.00. The van der Waals surface area contributed by atoms with E-state index in [0.29, 0.717) is 0 Å². The summed E-state index contributed by atoms with van der Waals surface area (Å²) in [5, 5.41) is 0. The van der Waals surface area contributed by atoms with Crippen molar-refractivity contribution >= 4 is 34.0 Å². The van der Waals surface area contributed by atoms with Gasteiger partial charge in [0.2, 0.25) is 0 Å². The summed E-state index contributed by atoms with van der Waals surface area (Å²) in [4.78, 5) is 0. The summed E-state index contributed by atoms with van der Waals surface area (Å²) in [7, 11) is 0. The zero-order chi connectivity index (χ0) is 4.00. The fourth-order valence-electron chi connectivity index (χ4n) is 0. The van der Waals surface area contributed by atoms with Crippen molar-refractivity contribution in [3.05, 3.63) is 0 Å². The Morgan fingerprint density at radius 1 is 0.500 bits per heavy atom. The number of hydrogen-bond acceptors (Lipinski definition) is 0. The number of halogens is 2. The molecule has 0 rings (SSSR count). The predicted molar refractivity (Wildman–Crippen MR) is 43.3 cm³/mol. The molecule has 0 saturated carbocycles. The van der Waals surface area contributed by atoms with Crippen LogP contribution in [0.4, 0.5) is 0 Å². The Balaban J connectivity index is -0.00000000500. The molecule has 0 heterocycles.